The summed E-state index contributed by atoms with van der Waals surface area (Å²) in [5.74, 6) is 0.897. The average molecular weight is 178 g/mol. The number of hydrogen-bond acceptors (Lipinski definition) is 2. The molecule has 1 aromatic carbocycles. The van der Waals surface area contributed by atoms with Gasteiger partial charge in [-0.25, -0.2) is 0 Å². The molecule has 1 aliphatic rings. The van der Waals surface area contributed by atoms with E-state index >= 15 is 0 Å². The monoisotopic (exact) mass is 178 g/mol. The zero-order valence-corrected chi connectivity index (χ0v) is 7.79. The quantitative estimate of drug-likeness (QED) is 0.766. The Morgan fingerprint density at radius 2 is 2.08 bits per heavy atom. The highest BCUT2D eigenvalue weighted by atomic mass is 16.5. The van der Waals surface area contributed by atoms with Gasteiger partial charge in [0, 0.05) is 0 Å². The van der Waals surface area contributed by atoms with Gasteiger partial charge in [-0.3, -0.25) is 0 Å². The Bertz CT molecular complexity index is 303. The molecule has 1 aromatic rings. The standard InChI is InChI=1S/C11H14O2/c1-9-4-2-3-5-10(9)13-11(8-12)6-7-11/h2-5,12H,6-8H2,1H3. The highest BCUT2D eigenvalue weighted by molar-refractivity contribution is 5.33. The molecule has 0 heterocycles. The lowest BCUT2D eigenvalue weighted by atomic mass is 10.2. The van der Waals surface area contributed by atoms with Crippen LogP contribution in [0.25, 0.3) is 0 Å². The molecule has 0 aliphatic heterocycles. The first-order valence-electron chi connectivity index (χ1n) is 4.61. The molecule has 2 heteroatoms. The molecule has 70 valence electrons. The van der Waals surface area contributed by atoms with Gasteiger partial charge in [0.2, 0.25) is 0 Å². The smallest absolute Gasteiger partial charge is 0.132 e. The van der Waals surface area contributed by atoms with E-state index < -0.39 is 0 Å². The molecular weight excluding hydrogens is 164 g/mol. The SMILES string of the molecule is Cc1ccccc1OC1(CO)CC1. The van der Waals surface area contributed by atoms with Crippen molar-refractivity contribution >= 4 is 0 Å². The summed E-state index contributed by atoms with van der Waals surface area (Å²) in [5.41, 5.74) is 0.869. The van der Waals surface area contributed by atoms with Gasteiger partial charge in [0.05, 0.1) is 6.61 Å². The van der Waals surface area contributed by atoms with Crippen molar-refractivity contribution in [1.82, 2.24) is 0 Å². The van der Waals surface area contributed by atoms with Crippen LogP contribution in [0.1, 0.15) is 18.4 Å². The van der Waals surface area contributed by atoms with Crippen LogP contribution < -0.4 is 4.74 Å². The predicted molar refractivity (Wildman–Crippen MR) is 50.9 cm³/mol. The molecule has 2 rings (SSSR count). The number of hydrogen-bond donors (Lipinski definition) is 1. The molecule has 1 N–H and O–H groups in total. The lowest BCUT2D eigenvalue weighted by Crippen LogP contribution is -2.22. The first-order chi connectivity index (χ1) is 6.26. The van der Waals surface area contributed by atoms with Crippen LogP contribution in [0.3, 0.4) is 0 Å². The Kier molecular flexibility index (Phi) is 2.00. The van der Waals surface area contributed by atoms with Crippen LogP contribution in [0.5, 0.6) is 5.75 Å². The first kappa shape index (κ1) is 8.57. The van der Waals surface area contributed by atoms with E-state index in [-0.39, 0.29) is 12.2 Å². The van der Waals surface area contributed by atoms with Crippen LogP contribution in [-0.4, -0.2) is 17.3 Å². The third-order valence-corrected chi connectivity index (χ3v) is 2.52. The van der Waals surface area contributed by atoms with Crippen molar-refractivity contribution in [2.45, 2.75) is 25.4 Å². The fraction of sp³-hybridized carbons (Fsp3) is 0.455. The molecule has 0 unspecified atom stereocenters. The number of aryl methyl sites for hydroxylation is 1. The minimum absolute atomic E-state index is 0.126. The third-order valence-electron chi connectivity index (χ3n) is 2.52. The van der Waals surface area contributed by atoms with E-state index in [2.05, 4.69) is 0 Å². The molecular formula is C11H14O2. The molecule has 1 fully saturated rings. The second-order valence-electron chi connectivity index (χ2n) is 3.71. The van der Waals surface area contributed by atoms with E-state index in [0.29, 0.717) is 0 Å². The number of benzene rings is 1. The molecule has 0 atom stereocenters. The van der Waals surface area contributed by atoms with Crippen molar-refractivity contribution in [3.05, 3.63) is 29.8 Å². The normalized spacial score (nSPS) is 18.3. The van der Waals surface area contributed by atoms with Gasteiger partial charge >= 0.3 is 0 Å². The Balaban J connectivity index is 2.14. The number of para-hydroxylation sites is 1. The summed E-state index contributed by atoms with van der Waals surface area (Å²) in [6, 6.07) is 7.91. The Labute approximate surface area is 78.2 Å². The van der Waals surface area contributed by atoms with Crippen LogP contribution in [0.15, 0.2) is 24.3 Å². The maximum atomic E-state index is 9.08. The molecule has 0 amide bonds. The van der Waals surface area contributed by atoms with Crippen molar-refractivity contribution in [3.63, 3.8) is 0 Å². The van der Waals surface area contributed by atoms with E-state index in [1.54, 1.807) is 0 Å². The van der Waals surface area contributed by atoms with Crippen LogP contribution >= 0.6 is 0 Å². The summed E-state index contributed by atoms with van der Waals surface area (Å²) >= 11 is 0. The van der Waals surface area contributed by atoms with E-state index in [9.17, 15) is 0 Å². The summed E-state index contributed by atoms with van der Waals surface area (Å²) in [7, 11) is 0. The van der Waals surface area contributed by atoms with Crippen molar-refractivity contribution in [2.75, 3.05) is 6.61 Å². The minimum atomic E-state index is -0.258. The van der Waals surface area contributed by atoms with Gasteiger partial charge in [-0.1, -0.05) is 18.2 Å². The molecule has 0 saturated heterocycles. The molecule has 13 heavy (non-hydrogen) atoms. The number of ether oxygens (including phenoxy) is 1. The molecule has 2 nitrogen and oxygen atoms in total. The molecule has 0 radical (unpaired) electrons. The second kappa shape index (κ2) is 3.04. The van der Waals surface area contributed by atoms with Crippen LogP contribution in [0.2, 0.25) is 0 Å². The summed E-state index contributed by atoms with van der Waals surface area (Å²) in [4.78, 5) is 0. The van der Waals surface area contributed by atoms with Gasteiger partial charge in [0.1, 0.15) is 11.4 Å². The maximum Gasteiger partial charge on any atom is 0.132 e. The predicted octanol–water partition coefficient (Wildman–Crippen LogP) is 1.90. The largest absolute Gasteiger partial charge is 0.485 e. The third kappa shape index (κ3) is 1.68. The minimum Gasteiger partial charge on any atom is -0.485 e. The summed E-state index contributed by atoms with van der Waals surface area (Å²) < 4.78 is 5.74. The van der Waals surface area contributed by atoms with E-state index in [4.69, 9.17) is 9.84 Å². The van der Waals surface area contributed by atoms with Gasteiger partial charge in [-0.2, -0.15) is 0 Å². The van der Waals surface area contributed by atoms with Crippen LogP contribution in [0, 0.1) is 6.92 Å². The second-order valence-corrected chi connectivity index (χ2v) is 3.71. The van der Waals surface area contributed by atoms with E-state index in [1.807, 2.05) is 31.2 Å². The summed E-state index contributed by atoms with van der Waals surface area (Å²) in [6.07, 6.45) is 1.94. The van der Waals surface area contributed by atoms with Crippen molar-refractivity contribution in [2.24, 2.45) is 0 Å². The number of aliphatic hydroxyl groups is 1. The van der Waals surface area contributed by atoms with Gasteiger partial charge in [-0.15, -0.1) is 0 Å². The Hall–Kier alpha value is -1.02. The fourth-order valence-electron chi connectivity index (χ4n) is 1.34. The van der Waals surface area contributed by atoms with Gasteiger partial charge in [-0.05, 0) is 31.4 Å². The Morgan fingerprint density at radius 3 is 2.62 bits per heavy atom. The lowest BCUT2D eigenvalue weighted by molar-refractivity contribution is 0.0947. The maximum absolute atomic E-state index is 9.08. The molecule has 1 aliphatic carbocycles. The highest BCUT2D eigenvalue weighted by Gasteiger charge is 2.45. The molecule has 1 saturated carbocycles. The van der Waals surface area contributed by atoms with E-state index in [0.717, 1.165) is 24.2 Å². The topological polar surface area (TPSA) is 29.5 Å². The summed E-state index contributed by atoms with van der Waals surface area (Å²) in [6.45, 7) is 2.14. The van der Waals surface area contributed by atoms with Crippen LogP contribution in [-0.2, 0) is 0 Å². The van der Waals surface area contributed by atoms with Crippen molar-refractivity contribution < 1.29 is 9.84 Å². The zero-order chi connectivity index (χ0) is 9.31. The molecule has 0 spiro atoms. The lowest BCUT2D eigenvalue weighted by Gasteiger charge is -2.16. The molecule has 0 bridgehead atoms. The first-order valence-corrected chi connectivity index (χ1v) is 4.61. The summed E-state index contributed by atoms with van der Waals surface area (Å²) in [5, 5.41) is 9.08. The number of aliphatic hydroxyl groups excluding tert-OH is 1. The van der Waals surface area contributed by atoms with Gasteiger partial charge in [0.15, 0.2) is 0 Å². The van der Waals surface area contributed by atoms with Crippen molar-refractivity contribution in [1.29, 1.82) is 0 Å². The molecule has 0 aromatic heterocycles. The van der Waals surface area contributed by atoms with Crippen molar-refractivity contribution in [3.8, 4) is 5.75 Å². The fourth-order valence-corrected chi connectivity index (χ4v) is 1.34. The van der Waals surface area contributed by atoms with Gasteiger partial charge in [0.25, 0.3) is 0 Å². The van der Waals surface area contributed by atoms with Crippen LogP contribution in [0.4, 0.5) is 0 Å². The zero-order valence-electron chi connectivity index (χ0n) is 7.79. The van der Waals surface area contributed by atoms with E-state index in [1.165, 1.54) is 0 Å². The van der Waals surface area contributed by atoms with Gasteiger partial charge < -0.3 is 9.84 Å². The number of rotatable bonds is 3. The highest BCUT2D eigenvalue weighted by Crippen LogP contribution is 2.40. The average Bonchev–Trinajstić information content (AvgIpc) is 2.90. The Morgan fingerprint density at radius 1 is 1.38 bits per heavy atom.